The molecule has 1 aliphatic rings. The van der Waals surface area contributed by atoms with Gasteiger partial charge in [0.05, 0.1) is 18.2 Å². The van der Waals surface area contributed by atoms with Crippen LogP contribution >= 0.6 is 11.6 Å². The number of para-hydroxylation sites is 1. The first-order chi connectivity index (χ1) is 27.1. The molecule has 0 atom stereocenters. The summed E-state index contributed by atoms with van der Waals surface area (Å²) in [7, 11) is 3.05. The van der Waals surface area contributed by atoms with E-state index >= 15 is 0 Å². The first kappa shape index (κ1) is 43.7. The number of rotatable bonds is 13. The molecule has 4 aromatic carbocycles. The first-order valence-electron chi connectivity index (χ1n) is 18.5. The number of halogens is 4. The lowest BCUT2D eigenvalue weighted by atomic mass is 9.96. The minimum atomic E-state index is -4.37. The number of carbonyl (C=O) groups is 2. The van der Waals surface area contributed by atoms with E-state index in [1.165, 1.54) is 37.6 Å². The zero-order valence-electron chi connectivity index (χ0n) is 32.0. The number of methoxy groups -OCH3 is 2. The molecular formula is C45H48ClF3N2O5. The van der Waals surface area contributed by atoms with E-state index in [1.54, 1.807) is 31.4 Å². The Labute approximate surface area is 332 Å². The van der Waals surface area contributed by atoms with Gasteiger partial charge in [-0.1, -0.05) is 72.3 Å². The van der Waals surface area contributed by atoms with E-state index in [1.807, 2.05) is 61.5 Å². The van der Waals surface area contributed by atoms with Crippen molar-refractivity contribution in [1.29, 1.82) is 0 Å². The molecule has 11 heteroatoms. The topological polar surface area (TPSA) is 86.8 Å². The molecule has 296 valence electrons. The average Bonchev–Trinajstić information content (AvgIpc) is 3.23. The molecule has 0 spiro atoms. The Morgan fingerprint density at radius 3 is 2.18 bits per heavy atom. The fourth-order valence-corrected chi connectivity index (χ4v) is 6.11. The number of ether oxygens (including phenoxy) is 3. The van der Waals surface area contributed by atoms with Crippen LogP contribution in [0.15, 0.2) is 103 Å². The summed E-state index contributed by atoms with van der Waals surface area (Å²) < 4.78 is 53.9. The van der Waals surface area contributed by atoms with Crippen LogP contribution in [0, 0.1) is 0 Å². The van der Waals surface area contributed by atoms with Crippen molar-refractivity contribution in [2.75, 3.05) is 33.9 Å². The van der Waals surface area contributed by atoms with Crippen molar-refractivity contribution in [1.82, 2.24) is 10.3 Å². The highest BCUT2D eigenvalue weighted by atomic mass is 35.5. The van der Waals surface area contributed by atoms with Gasteiger partial charge < -0.3 is 19.5 Å². The van der Waals surface area contributed by atoms with Gasteiger partial charge in [0.25, 0.3) is 0 Å². The second-order valence-corrected chi connectivity index (χ2v) is 13.4. The normalized spacial score (nSPS) is 11.9. The van der Waals surface area contributed by atoms with Gasteiger partial charge in [-0.25, -0.2) is 9.78 Å². The maximum absolute atomic E-state index is 12.9. The molecule has 0 bridgehead atoms. The van der Waals surface area contributed by atoms with E-state index in [9.17, 15) is 22.8 Å². The molecular weight excluding hydrogens is 741 g/mol. The summed E-state index contributed by atoms with van der Waals surface area (Å²) in [6.45, 7) is 4.60. The van der Waals surface area contributed by atoms with E-state index < -0.39 is 11.7 Å². The quantitative estimate of drug-likeness (QED) is 0.0722. The number of benzene rings is 4. The summed E-state index contributed by atoms with van der Waals surface area (Å²) in [6, 6.07) is 29.5. The van der Waals surface area contributed by atoms with Crippen molar-refractivity contribution >= 4 is 23.9 Å². The van der Waals surface area contributed by atoms with Gasteiger partial charge in [-0.3, -0.25) is 4.79 Å². The number of hydrogen-bond acceptors (Lipinski definition) is 7. The molecule has 7 nitrogen and oxygen atoms in total. The van der Waals surface area contributed by atoms with E-state index in [-0.39, 0.29) is 12.6 Å². The Balaban J connectivity index is 0.000000359. The van der Waals surface area contributed by atoms with Gasteiger partial charge in [-0.05, 0) is 129 Å². The molecule has 6 rings (SSSR count). The molecule has 1 aromatic heterocycles. The highest BCUT2D eigenvalue weighted by molar-refractivity contribution is 6.31. The molecule has 5 aromatic rings. The highest BCUT2D eigenvalue weighted by Crippen LogP contribution is 2.32. The van der Waals surface area contributed by atoms with Gasteiger partial charge in [0, 0.05) is 30.0 Å². The summed E-state index contributed by atoms with van der Waals surface area (Å²) in [5.41, 5.74) is 7.23. The lowest BCUT2D eigenvalue weighted by Crippen LogP contribution is -2.20. The second-order valence-electron chi connectivity index (χ2n) is 13.0. The summed E-state index contributed by atoms with van der Waals surface area (Å²) in [5.74, 6) is 0.425. The van der Waals surface area contributed by atoms with Crippen LogP contribution in [0.3, 0.4) is 0 Å². The monoisotopic (exact) mass is 788 g/mol. The van der Waals surface area contributed by atoms with Crippen molar-refractivity contribution in [3.8, 4) is 16.9 Å². The number of aromatic nitrogens is 1. The fourth-order valence-electron chi connectivity index (χ4n) is 5.87. The number of carbonyl (C=O) groups excluding carboxylic acids is 2. The third-order valence-corrected chi connectivity index (χ3v) is 9.45. The predicted molar refractivity (Wildman–Crippen MR) is 215 cm³/mol. The van der Waals surface area contributed by atoms with Crippen LogP contribution in [0.4, 0.5) is 13.2 Å². The average molecular weight is 789 g/mol. The molecule has 0 saturated heterocycles. The van der Waals surface area contributed by atoms with Crippen molar-refractivity contribution in [2.24, 2.45) is 0 Å². The predicted octanol–water partition coefficient (Wildman–Crippen LogP) is 10.2. The first-order valence-corrected chi connectivity index (χ1v) is 18.9. The molecule has 0 saturated carbocycles. The number of alkyl halides is 3. The number of pyridine rings is 1. The summed E-state index contributed by atoms with van der Waals surface area (Å²) >= 11 is 6.50. The molecule has 1 heterocycles. The minimum Gasteiger partial charge on any atom is -0.489 e. The zero-order valence-corrected chi connectivity index (χ0v) is 32.7. The fraction of sp³-hybridized carbons (Fsp3) is 0.311. The number of nitrogens with one attached hydrogen (secondary N) is 1. The number of aldehydes is 1. The molecule has 0 radical (unpaired) electrons. The largest absolute Gasteiger partial charge is 0.489 e. The number of hydrogen-bond donors (Lipinski definition) is 1. The number of fused-ring (bicyclic) bond motifs is 1. The van der Waals surface area contributed by atoms with Crippen LogP contribution in [0.2, 0.25) is 5.02 Å². The number of esters is 1. The van der Waals surface area contributed by atoms with Crippen molar-refractivity contribution < 1.29 is 37.0 Å². The van der Waals surface area contributed by atoms with Gasteiger partial charge in [0.15, 0.2) is 6.29 Å². The molecule has 0 fully saturated rings. The van der Waals surface area contributed by atoms with Gasteiger partial charge >= 0.3 is 12.1 Å². The van der Waals surface area contributed by atoms with E-state index in [0.717, 1.165) is 97.5 Å². The Morgan fingerprint density at radius 2 is 1.52 bits per heavy atom. The van der Waals surface area contributed by atoms with Crippen LogP contribution in [0.1, 0.15) is 74.1 Å². The van der Waals surface area contributed by atoms with Crippen LogP contribution in [0.5, 0.6) is 5.75 Å². The summed E-state index contributed by atoms with van der Waals surface area (Å²) in [4.78, 5) is 26.2. The Hall–Kier alpha value is -5.03. The third kappa shape index (κ3) is 13.6. The van der Waals surface area contributed by atoms with Crippen LogP contribution in [-0.2, 0) is 47.9 Å². The lowest BCUT2D eigenvalue weighted by molar-refractivity contribution is -0.137. The van der Waals surface area contributed by atoms with Crippen LogP contribution in [-0.4, -0.2) is 51.2 Å². The molecule has 0 aliphatic heterocycles. The maximum atomic E-state index is 12.9. The molecule has 0 amide bonds. The molecule has 56 heavy (non-hydrogen) atoms. The third-order valence-electron chi connectivity index (χ3n) is 9.10. The summed E-state index contributed by atoms with van der Waals surface area (Å²) in [6.07, 6.45) is 2.69. The van der Waals surface area contributed by atoms with Gasteiger partial charge in [0.1, 0.15) is 18.1 Å². The molecule has 1 aliphatic carbocycles. The van der Waals surface area contributed by atoms with Gasteiger partial charge in [-0.2, -0.15) is 13.2 Å². The Morgan fingerprint density at radius 1 is 0.839 bits per heavy atom. The SMILES string of the molecule is CCOC.COC(=O)c1ccc(CCNCCc2ccccc2OCc2ccc(-c3ccc(C(F)(F)F)cc3)cc2Cl)cc1.O=Cc1ccc2c(n1)CCCC2. The zero-order chi connectivity index (χ0) is 40.3. The summed E-state index contributed by atoms with van der Waals surface area (Å²) in [5, 5.41) is 3.93. The smallest absolute Gasteiger partial charge is 0.416 e. The van der Waals surface area contributed by atoms with Crippen molar-refractivity contribution in [3.63, 3.8) is 0 Å². The molecule has 0 unspecified atom stereocenters. The van der Waals surface area contributed by atoms with Crippen molar-refractivity contribution in [3.05, 3.63) is 153 Å². The standard InChI is InChI=1S/C32H29ClF3NO3.C10H11NO.C3H8O/c1-39-31(38)25-8-6-22(7-9-25)16-18-37-19-17-24-4-2-3-5-30(24)40-21-27-11-10-26(20-29(27)33)23-12-14-28(15-13-23)32(34,35)36;12-7-9-6-5-8-3-1-2-4-10(8)11-9;1-3-4-2/h2-15,20,37H,16-19,21H2,1H3;5-7H,1-4H2;3H2,1-2H3. The van der Waals surface area contributed by atoms with Crippen molar-refractivity contribution in [2.45, 2.75) is 58.2 Å². The minimum absolute atomic E-state index is 0.262. The number of nitrogens with zero attached hydrogens (tertiary/aromatic N) is 1. The Kier molecular flexibility index (Phi) is 17.6. The number of aryl methyl sites for hydroxylation is 2. The second kappa shape index (κ2) is 22.5. The highest BCUT2D eigenvalue weighted by Gasteiger charge is 2.30. The van der Waals surface area contributed by atoms with E-state index in [0.29, 0.717) is 21.8 Å². The maximum Gasteiger partial charge on any atom is 0.416 e. The molecule has 1 N–H and O–H groups in total. The van der Waals surface area contributed by atoms with Crippen LogP contribution < -0.4 is 10.1 Å². The van der Waals surface area contributed by atoms with Gasteiger partial charge in [-0.15, -0.1) is 0 Å². The van der Waals surface area contributed by atoms with Gasteiger partial charge in [0.2, 0.25) is 0 Å². The van der Waals surface area contributed by atoms with E-state index in [2.05, 4.69) is 15.0 Å². The lowest BCUT2D eigenvalue weighted by Gasteiger charge is -2.14. The van der Waals surface area contributed by atoms with Crippen LogP contribution in [0.25, 0.3) is 11.1 Å². The Bertz CT molecular complexity index is 1980. The van der Waals surface area contributed by atoms with E-state index in [4.69, 9.17) is 21.1 Å².